The van der Waals surface area contributed by atoms with Gasteiger partial charge in [0.15, 0.2) is 0 Å². The first-order valence-corrected chi connectivity index (χ1v) is 7.88. The second kappa shape index (κ2) is 8.63. The Bertz CT molecular complexity index is 750. The van der Waals surface area contributed by atoms with E-state index in [2.05, 4.69) is 15.8 Å². The van der Waals surface area contributed by atoms with Gasteiger partial charge in [-0.15, -0.1) is 0 Å². The van der Waals surface area contributed by atoms with Crippen molar-refractivity contribution in [3.05, 3.63) is 59.7 Å². The van der Waals surface area contributed by atoms with Crippen LogP contribution in [0.15, 0.2) is 53.6 Å². The predicted octanol–water partition coefficient (Wildman–Crippen LogP) is 3.05. The van der Waals surface area contributed by atoms with Gasteiger partial charge in [-0.25, -0.2) is 5.43 Å². The van der Waals surface area contributed by atoms with Crippen molar-refractivity contribution in [3.63, 3.8) is 0 Å². The lowest BCUT2D eigenvalue weighted by Gasteiger charge is -2.08. The Balaban J connectivity index is 1.91. The molecule has 2 amide bonds. The smallest absolute Gasteiger partial charge is 0.271 e. The van der Waals surface area contributed by atoms with Crippen molar-refractivity contribution in [2.75, 3.05) is 12.4 Å². The summed E-state index contributed by atoms with van der Waals surface area (Å²) < 4.78 is 5.08. The molecule has 0 radical (unpaired) electrons. The number of nitrogens with zero attached hydrogens (tertiary/aromatic N) is 1. The molecule has 130 valence electrons. The minimum Gasteiger partial charge on any atom is -0.497 e. The van der Waals surface area contributed by atoms with E-state index in [4.69, 9.17) is 4.74 Å². The van der Waals surface area contributed by atoms with Gasteiger partial charge in [-0.05, 0) is 54.1 Å². The normalized spacial score (nSPS) is 10.7. The molecule has 0 aliphatic carbocycles. The zero-order chi connectivity index (χ0) is 18.2. The van der Waals surface area contributed by atoms with Crippen LogP contribution >= 0.6 is 0 Å². The third-order valence-electron chi connectivity index (χ3n) is 3.43. The Morgan fingerprint density at radius 3 is 2.24 bits per heavy atom. The van der Waals surface area contributed by atoms with Crippen LogP contribution in [-0.4, -0.2) is 25.1 Å². The summed E-state index contributed by atoms with van der Waals surface area (Å²) in [6.07, 6.45) is 1.55. The number of amides is 2. The van der Waals surface area contributed by atoms with E-state index < -0.39 is 0 Å². The highest BCUT2D eigenvalue weighted by Crippen LogP contribution is 2.11. The van der Waals surface area contributed by atoms with Crippen LogP contribution in [0, 0.1) is 5.92 Å². The molecule has 2 aromatic carbocycles. The number of carbonyl (C=O) groups excluding carboxylic acids is 2. The highest BCUT2D eigenvalue weighted by Gasteiger charge is 2.08. The summed E-state index contributed by atoms with van der Waals surface area (Å²) in [6.45, 7) is 3.63. The predicted molar refractivity (Wildman–Crippen MR) is 98.0 cm³/mol. The van der Waals surface area contributed by atoms with Crippen LogP contribution in [0.2, 0.25) is 0 Å². The molecule has 0 spiro atoms. The number of carbonyl (C=O) groups is 2. The molecule has 2 aromatic rings. The minimum absolute atomic E-state index is 0.0682. The molecule has 2 N–H and O–H groups in total. The molecule has 0 bridgehead atoms. The van der Waals surface area contributed by atoms with Gasteiger partial charge in [-0.2, -0.15) is 5.10 Å². The topological polar surface area (TPSA) is 79.8 Å². The van der Waals surface area contributed by atoms with Crippen molar-refractivity contribution in [2.24, 2.45) is 11.0 Å². The van der Waals surface area contributed by atoms with Gasteiger partial charge < -0.3 is 10.1 Å². The number of rotatable bonds is 6. The van der Waals surface area contributed by atoms with Gasteiger partial charge >= 0.3 is 0 Å². The van der Waals surface area contributed by atoms with Crippen molar-refractivity contribution >= 4 is 23.7 Å². The second-order valence-electron chi connectivity index (χ2n) is 5.69. The van der Waals surface area contributed by atoms with E-state index in [1.807, 2.05) is 38.1 Å². The number of hydrogen-bond donors (Lipinski definition) is 2. The molecule has 0 saturated heterocycles. The first-order valence-electron chi connectivity index (χ1n) is 7.88. The molecule has 0 saturated carbocycles. The zero-order valence-corrected chi connectivity index (χ0v) is 14.4. The van der Waals surface area contributed by atoms with E-state index >= 15 is 0 Å². The third-order valence-corrected chi connectivity index (χ3v) is 3.43. The first-order chi connectivity index (χ1) is 12.0. The standard InChI is InChI=1S/C19H21N3O3/c1-13(2)18(23)21-16-8-6-15(7-9-16)19(24)22-20-12-14-4-10-17(25-3)11-5-14/h4-13H,1-3H3,(H,21,23)(H,22,24)/b20-12+. The summed E-state index contributed by atoms with van der Waals surface area (Å²) in [4.78, 5) is 23.7. The fraction of sp³-hybridized carbons (Fsp3) is 0.211. The lowest BCUT2D eigenvalue weighted by molar-refractivity contribution is -0.118. The SMILES string of the molecule is COc1ccc(/C=N/NC(=O)c2ccc(NC(=O)C(C)C)cc2)cc1. The Morgan fingerprint density at radius 2 is 1.68 bits per heavy atom. The van der Waals surface area contributed by atoms with Crippen LogP contribution in [0.5, 0.6) is 5.75 Å². The zero-order valence-electron chi connectivity index (χ0n) is 14.4. The monoisotopic (exact) mass is 339 g/mol. The molecule has 0 atom stereocenters. The molecule has 6 heteroatoms. The Labute approximate surface area is 146 Å². The average Bonchev–Trinajstić information content (AvgIpc) is 2.62. The molecular formula is C19H21N3O3. The minimum atomic E-state index is -0.327. The number of anilines is 1. The van der Waals surface area contributed by atoms with Crippen LogP contribution in [0.3, 0.4) is 0 Å². The van der Waals surface area contributed by atoms with Crippen molar-refractivity contribution in [2.45, 2.75) is 13.8 Å². The third kappa shape index (κ3) is 5.46. The number of benzene rings is 2. The van der Waals surface area contributed by atoms with Crippen LogP contribution < -0.4 is 15.5 Å². The molecule has 0 aliphatic heterocycles. The van der Waals surface area contributed by atoms with E-state index in [0.717, 1.165) is 11.3 Å². The number of nitrogens with one attached hydrogen (secondary N) is 2. The largest absolute Gasteiger partial charge is 0.497 e. The first kappa shape index (κ1) is 18.2. The number of hydrogen-bond acceptors (Lipinski definition) is 4. The summed E-state index contributed by atoms with van der Waals surface area (Å²) in [7, 11) is 1.60. The second-order valence-corrected chi connectivity index (χ2v) is 5.69. The van der Waals surface area contributed by atoms with Crippen LogP contribution in [-0.2, 0) is 4.79 Å². The number of methoxy groups -OCH3 is 1. The van der Waals surface area contributed by atoms with Crippen molar-refractivity contribution in [1.29, 1.82) is 0 Å². The van der Waals surface area contributed by atoms with E-state index in [-0.39, 0.29) is 17.7 Å². The molecular weight excluding hydrogens is 318 g/mol. The summed E-state index contributed by atoms with van der Waals surface area (Å²) in [5.41, 5.74) is 4.41. The number of ether oxygens (including phenoxy) is 1. The maximum Gasteiger partial charge on any atom is 0.271 e. The van der Waals surface area contributed by atoms with Crippen molar-refractivity contribution in [3.8, 4) is 5.75 Å². The van der Waals surface area contributed by atoms with Gasteiger partial charge in [0.1, 0.15) is 5.75 Å². The highest BCUT2D eigenvalue weighted by molar-refractivity contribution is 5.96. The van der Waals surface area contributed by atoms with Gasteiger partial charge in [-0.3, -0.25) is 9.59 Å². The molecule has 2 rings (SSSR count). The maximum absolute atomic E-state index is 12.0. The van der Waals surface area contributed by atoms with E-state index in [1.54, 1.807) is 37.6 Å². The molecule has 0 heterocycles. The lowest BCUT2D eigenvalue weighted by Crippen LogP contribution is -2.19. The van der Waals surface area contributed by atoms with Crippen LogP contribution in [0.1, 0.15) is 29.8 Å². The Kier molecular flexibility index (Phi) is 6.28. The van der Waals surface area contributed by atoms with Gasteiger partial charge in [0.2, 0.25) is 5.91 Å². The van der Waals surface area contributed by atoms with E-state index in [1.165, 1.54) is 0 Å². The Morgan fingerprint density at radius 1 is 1.04 bits per heavy atom. The quantitative estimate of drug-likeness (QED) is 0.627. The molecule has 0 aromatic heterocycles. The molecule has 0 fully saturated rings. The summed E-state index contributed by atoms with van der Waals surface area (Å²) in [6, 6.07) is 13.9. The van der Waals surface area contributed by atoms with Crippen LogP contribution in [0.25, 0.3) is 0 Å². The van der Waals surface area contributed by atoms with Crippen molar-refractivity contribution in [1.82, 2.24) is 5.43 Å². The van der Waals surface area contributed by atoms with Gasteiger partial charge in [0.25, 0.3) is 5.91 Å². The highest BCUT2D eigenvalue weighted by atomic mass is 16.5. The van der Waals surface area contributed by atoms with E-state index in [0.29, 0.717) is 11.3 Å². The molecule has 6 nitrogen and oxygen atoms in total. The lowest BCUT2D eigenvalue weighted by atomic mass is 10.1. The average molecular weight is 339 g/mol. The molecule has 25 heavy (non-hydrogen) atoms. The van der Waals surface area contributed by atoms with Crippen LogP contribution in [0.4, 0.5) is 5.69 Å². The van der Waals surface area contributed by atoms with Gasteiger partial charge in [0.05, 0.1) is 13.3 Å². The fourth-order valence-electron chi connectivity index (χ4n) is 1.91. The maximum atomic E-state index is 12.0. The summed E-state index contributed by atoms with van der Waals surface area (Å²) >= 11 is 0. The van der Waals surface area contributed by atoms with Gasteiger partial charge in [-0.1, -0.05) is 13.8 Å². The molecule has 0 aliphatic rings. The van der Waals surface area contributed by atoms with Gasteiger partial charge in [0, 0.05) is 17.2 Å². The fourth-order valence-corrected chi connectivity index (χ4v) is 1.91. The molecule has 0 unspecified atom stereocenters. The number of hydrazone groups is 1. The summed E-state index contributed by atoms with van der Waals surface area (Å²) in [5, 5.41) is 6.70. The van der Waals surface area contributed by atoms with E-state index in [9.17, 15) is 9.59 Å². The Hall–Kier alpha value is -3.15. The van der Waals surface area contributed by atoms with Crippen molar-refractivity contribution < 1.29 is 14.3 Å². The summed E-state index contributed by atoms with van der Waals surface area (Å²) in [5.74, 6) is 0.258.